The molecule has 0 N–H and O–H groups in total. The van der Waals surface area contributed by atoms with Gasteiger partial charge in [-0.05, 0) is 19.3 Å². The van der Waals surface area contributed by atoms with Gasteiger partial charge in [-0.25, -0.2) is 0 Å². The molecule has 0 fully saturated rings. The molecule has 6 nitrogen and oxygen atoms in total. The van der Waals surface area contributed by atoms with Crippen LogP contribution >= 0.6 is 0 Å². The van der Waals surface area contributed by atoms with Crippen LogP contribution in [0.1, 0.15) is 316 Å². The summed E-state index contributed by atoms with van der Waals surface area (Å²) in [5, 5.41) is 0. The Morgan fingerprint density at radius 3 is 0.656 bits per heavy atom. The molecule has 0 aliphatic heterocycles. The van der Waals surface area contributed by atoms with E-state index in [4.69, 9.17) is 14.2 Å². The highest BCUT2D eigenvalue weighted by atomic mass is 16.6. The molecule has 0 saturated heterocycles. The number of esters is 3. The van der Waals surface area contributed by atoms with E-state index < -0.39 is 6.10 Å². The van der Waals surface area contributed by atoms with Gasteiger partial charge in [-0.15, -0.1) is 0 Å². The largest absolute Gasteiger partial charge is 0.462 e. The molecule has 0 aliphatic carbocycles. The SMILES string of the molecule is CCCCCCCCCCCCCCCCCCCCCC(=O)O[C@@H](COC(=O)CCCCCCCCC)COC(=O)CCCCCCCCCCCCCCCCCCC. The normalized spacial score (nSPS) is 11.9. The Kier molecular flexibility index (Phi) is 49.7. The highest BCUT2D eigenvalue weighted by molar-refractivity contribution is 5.71. The summed E-state index contributed by atoms with van der Waals surface area (Å²) in [7, 11) is 0. The molecule has 0 bridgehead atoms. The van der Waals surface area contributed by atoms with Crippen molar-refractivity contribution in [2.45, 2.75) is 322 Å². The van der Waals surface area contributed by atoms with Crippen LogP contribution in [0.3, 0.4) is 0 Å². The number of rotatable bonds is 51. The summed E-state index contributed by atoms with van der Waals surface area (Å²) in [6, 6.07) is 0. The van der Waals surface area contributed by atoms with Crippen LogP contribution in [0.5, 0.6) is 0 Å². The van der Waals surface area contributed by atoms with Crippen LogP contribution in [0.2, 0.25) is 0 Å². The van der Waals surface area contributed by atoms with Gasteiger partial charge in [-0.1, -0.05) is 278 Å². The van der Waals surface area contributed by atoms with Gasteiger partial charge in [0.2, 0.25) is 0 Å². The quantitative estimate of drug-likeness (QED) is 0.0344. The molecule has 1 atom stereocenters. The molecule has 362 valence electrons. The summed E-state index contributed by atoms with van der Waals surface area (Å²) < 4.78 is 16.8. The van der Waals surface area contributed by atoms with Gasteiger partial charge in [0.15, 0.2) is 6.10 Å². The second-order valence-corrected chi connectivity index (χ2v) is 18.9. The maximum atomic E-state index is 12.8. The molecule has 0 unspecified atom stereocenters. The molecular formula is C55H106O6. The van der Waals surface area contributed by atoms with Crippen molar-refractivity contribution in [3.05, 3.63) is 0 Å². The predicted octanol–water partition coefficient (Wildman–Crippen LogP) is 18.0. The Bertz CT molecular complexity index is 905. The monoisotopic (exact) mass is 863 g/mol. The van der Waals surface area contributed by atoms with Crippen LogP contribution in [0, 0.1) is 0 Å². The lowest BCUT2D eigenvalue weighted by molar-refractivity contribution is -0.167. The summed E-state index contributed by atoms with van der Waals surface area (Å²) >= 11 is 0. The van der Waals surface area contributed by atoms with Gasteiger partial charge >= 0.3 is 17.9 Å². The van der Waals surface area contributed by atoms with E-state index in [1.807, 2.05) is 0 Å². The van der Waals surface area contributed by atoms with E-state index in [0.717, 1.165) is 57.8 Å². The zero-order chi connectivity index (χ0) is 44.4. The molecule has 0 aliphatic rings. The third-order valence-electron chi connectivity index (χ3n) is 12.6. The fraction of sp³-hybridized carbons (Fsp3) is 0.945. The Balaban J connectivity index is 4.15. The first-order valence-electron chi connectivity index (χ1n) is 27.5. The number of ether oxygens (including phenoxy) is 3. The van der Waals surface area contributed by atoms with Crippen LogP contribution in [-0.2, 0) is 28.6 Å². The van der Waals surface area contributed by atoms with Crippen molar-refractivity contribution in [3.63, 3.8) is 0 Å². The number of hydrogen-bond acceptors (Lipinski definition) is 6. The summed E-state index contributed by atoms with van der Waals surface area (Å²) in [6.45, 7) is 6.66. The molecule has 0 aromatic heterocycles. The predicted molar refractivity (Wildman–Crippen MR) is 261 cm³/mol. The van der Waals surface area contributed by atoms with Crippen LogP contribution in [0.15, 0.2) is 0 Å². The molecular weight excluding hydrogens is 757 g/mol. The topological polar surface area (TPSA) is 78.9 Å². The lowest BCUT2D eigenvalue weighted by Gasteiger charge is -2.18. The highest BCUT2D eigenvalue weighted by Crippen LogP contribution is 2.17. The average Bonchev–Trinajstić information content (AvgIpc) is 3.26. The molecule has 0 aromatic carbocycles. The minimum Gasteiger partial charge on any atom is -0.462 e. The van der Waals surface area contributed by atoms with Crippen LogP contribution in [0.25, 0.3) is 0 Å². The Morgan fingerprint density at radius 2 is 0.443 bits per heavy atom. The van der Waals surface area contributed by atoms with Crippen molar-refractivity contribution >= 4 is 17.9 Å². The van der Waals surface area contributed by atoms with Gasteiger partial charge in [0.1, 0.15) is 13.2 Å². The number of carbonyl (C=O) groups is 3. The van der Waals surface area contributed by atoms with Crippen molar-refractivity contribution in [1.82, 2.24) is 0 Å². The van der Waals surface area contributed by atoms with Gasteiger partial charge in [0.25, 0.3) is 0 Å². The molecule has 0 spiro atoms. The first kappa shape index (κ1) is 59.4. The maximum absolute atomic E-state index is 12.8. The average molecular weight is 863 g/mol. The fourth-order valence-corrected chi connectivity index (χ4v) is 8.45. The Hall–Kier alpha value is -1.59. The smallest absolute Gasteiger partial charge is 0.306 e. The van der Waals surface area contributed by atoms with Crippen LogP contribution < -0.4 is 0 Å². The van der Waals surface area contributed by atoms with Crippen LogP contribution in [-0.4, -0.2) is 37.2 Å². The van der Waals surface area contributed by atoms with E-state index in [9.17, 15) is 14.4 Å². The van der Waals surface area contributed by atoms with Gasteiger partial charge < -0.3 is 14.2 Å². The van der Waals surface area contributed by atoms with E-state index in [-0.39, 0.29) is 31.1 Å². The Morgan fingerprint density at radius 1 is 0.262 bits per heavy atom. The van der Waals surface area contributed by atoms with Crippen molar-refractivity contribution < 1.29 is 28.6 Å². The van der Waals surface area contributed by atoms with Gasteiger partial charge in [-0.3, -0.25) is 14.4 Å². The van der Waals surface area contributed by atoms with E-state index in [0.29, 0.717) is 19.3 Å². The van der Waals surface area contributed by atoms with E-state index in [2.05, 4.69) is 20.8 Å². The molecule has 0 heterocycles. The fourth-order valence-electron chi connectivity index (χ4n) is 8.45. The first-order chi connectivity index (χ1) is 30.0. The summed E-state index contributed by atoms with van der Waals surface area (Å²) in [5.41, 5.74) is 0. The van der Waals surface area contributed by atoms with Crippen molar-refractivity contribution in [1.29, 1.82) is 0 Å². The van der Waals surface area contributed by atoms with Crippen molar-refractivity contribution in [3.8, 4) is 0 Å². The second kappa shape index (κ2) is 51.0. The number of carbonyl (C=O) groups excluding carboxylic acids is 3. The zero-order valence-corrected chi connectivity index (χ0v) is 41.5. The molecule has 0 saturated carbocycles. The lowest BCUT2D eigenvalue weighted by Crippen LogP contribution is -2.30. The first-order valence-corrected chi connectivity index (χ1v) is 27.5. The van der Waals surface area contributed by atoms with Crippen LogP contribution in [0.4, 0.5) is 0 Å². The number of hydrogen-bond donors (Lipinski definition) is 0. The van der Waals surface area contributed by atoms with E-state index in [1.165, 1.54) is 218 Å². The lowest BCUT2D eigenvalue weighted by atomic mass is 10.0. The summed E-state index contributed by atoms with van der Waals surface area (Å²) in [6.07, 6.45) is 55.4. The number of unbranched alkanes of at least 4 members (excludes halogenated alkanes) is 40. The van der Waals surface area contributed by atoms with Gasteiger partial charge in [0, 0.05) is 19.3 Å². The molecule has 0 radical (unpaired) electrons. The third kappa shape index (κ3) is 49.3. The summed E-state index contributed by atoms with van der Waals surface area (Å²) in [4.78, 5) is 37.9. The third-order valence-corrected chi connectivity index (χ3v) is 12.6. The Labute approximate surface area is 380 Å². The zero-order valence-electron chi connectivity index (χ0n) is 41.5. The molecule has 0 aromatic rings. The minimum atomic E-state index is -0.759. The second-order valence-electron chi connectivity index (χ2n) is 18.9. The molecule has 61 heavy (non-hydrogen) atoms. The highest BCUT2D eigenvalue weighted by Gasteiger charge is 2.19. The van der Waals surface area contributed by atoms with Gasteiger partial charge in [0.05, 0.1) is 0 Å². The van der Waals surface area contributed by atoms with Gasteiger partial charge in [-0.2, -0.15) is 0 Å². The maximum Gasteiger partial charge on any atom is 0.306 e. The van der Waals surface area contributed by atoms with E-state index in [1.54, 1.807) is 0 Å². The molecule has 6 heteroatoms. The molecule has 0 rings (SSSR count). The molecule has 0 amide bonds. The minimum absolute atomic E-state index is 0.0621. The van der Waals surface area contributed by atoms with Crippen molar-refractivity contribution in [2.75, 3.05) is 13.2 Å². The van der Waals surface area contributed by atoms with Crippen molar-refractivity contribution in [2.24, 2.45) is 0 Å². The standard InChI is InChI=1S/C55H106O6/c1-4-7-10-13-16-18-20-22-24-26-27-29-31-33-35-37-40-43-46-49-55(58)61-52(50-59-53(56)47-44-41-38-15-12-9-6-3)51-60-54(57)48-45-42-39-36-34-32-30-28-25-23-21-19-17-14-11-8-5-2/h52H,4-51H2,1-3H3/t52-/m0/s1. The van der Waals surface area contributed by atoms with E-state index >= 15 is 0 Å². The summed E-state index contributed by atoms with van der Waals surface area (Å²) in [5.74, 6) is -0.845.